The van der Waals surface area contributed by atoms with Crippen LogP contribution in [0.25, 0.3) is 0 Å². The van der Waals surface area contributed by atoms with Gasteiger partial charge in [-0.1, -0.05) is 0 Å². The minimum absolute atomic E-state index is 0.190. The summed E-state index contributed by atoms with van der Waals surface area (Å²) in [6.07, 6.45) is 2.70. The fraction of sp³-hybridized carbons (Fsp3) is 0.167. The molecule has 1 heterocycles. The number of hydrogen-bond donors (Lipinski definition) is 0. The number of nitrogens with zero attached hydrogens (tertiary/aromatic N) is 2. The smallest absolute Gasteiger partial charge is 0.267 e. The number of aryl methyl sites for hydroxylation is 1. The van der Waals surface area contributed by atoms with Gasteiger partial charge in [-0.15, -0.1) is 0 Å². The van der Waals surface area contributed by atoms with E-state index in [-0.39, 0.29) is 10.8 Å². The molecule has 2 rings (SSSR count). The number of aromatic nitrogens is 2. The highest BCUT2D eigenvalue weighted by Gasteiger charge is 2.11. The Balaban J connectivity index is 2.33. The van der Waals surface area contributed by atoms with E-state index in [0.29, 0.717) is 5.56 Å². The summed E-state index contributed by atoms with van der Waals surface area (Å²) in [4.78, 5) is 12.2. The summed E-state index contributed by atoms with van der Waals surface area (Å²) in [5.74, 6) is -0.289. The van der Waals surface area contributed by atoms with Crippen LogP contribution in [0.15, 0.2) is 41.4 Å². The molecule has 1 aromatic heterocycles. The van der Waals surface area contributed by atoms with Crippen molar-refractivity contribution >= 4 is 15.7 Å². The second kappa shape index (κ2) is 4.38. The Morgan fingerprint density at radius 1 is 1.17 bits per heavy atom. The molecule has 0 aliphatic carbocycles. The van der Waals surface area contributed by atoms with Gasteiger partial charge in [-0.3, -0.25) is 4.79 Å². The SMILES string of the molecule is Cc1ccn(C(=O)c2ccc(S(C)(=O)=O)cc2)n1. The van der Waals surface area contributed by atoms with Gasteiger partial charge in [0.15, 0.2) is 9.84 Å². The summed E-state index contributed by atoms with van der Waals surface area (Å²) in [5, 5.41) is 4.01. The van der Waals surface area contributed by atoms with Gasteiger partial charge in [0.05, 0.1) is 10.6 Å². The first-order valence-corrected chi connectivity index (χ1v) is 7.14. The lowest BCUT2D eigenvalue weighted by molar-refractivity contribution is 0.0944. The Morgan fingerprint density at radius 3 is 2.22 bits per heavy atom. The number of carbonyl (C=O) groups is 1. The van der Waals surface area contributed by atoms with Crippen LogP contribution in [0, 0.1) is 6.92 Å². The Labute approximate surface area is 105 Å². The summed E-state index contributed by atoms with van der Waals surface area (Å²) in [6, 6.07) is 7.52. The summed E-state index contributed by atoms with van der Waals surface area (Å²) >= 11 is 0. The largest absolute Gasteiger partial charge is 0.278 e. The second-order valence-electron chi connectivity index (χ2n) is 4.00. The monoisotopic (exact) mass is 264 g/mol. The van der Waals surface area contributed by atoms with Crippen molar-refractivity contribution in [3.63, 3.8) is 0 Å². The average molecular weight is 264 g/mol. The van der Waals surface area contributed by atoms with Gasteiger partial charge in [0.25, 0.3) is 5.91 Å². The minimum Gasteiger partial charge on any atom is -0.267 e. The van der Waals surface area contributed by atoms with Crippen LogP contribution in [0.1, 0.15) is 16.1 Å². The first-order valence-electron chi connectivity index (χ1n) is 5.25. The first-order chi connectivity index (χ1) is 8.38. The molecule has 0 atom stereocenters. The maximum Gasteiger partial charge on any atom is 0.278 e. The molecule has 0 radical (unpaired) electrons. The van der Waals surface area contributed by atoms with Gasteiger partial charge < -0.3 is 0 Å². The van der Waals surface area contributed by atoms with Crippen LogP contribution in [-0.4, -0.2) is 30.4 Å². The van der Waals surface area contributed by atoms with Crippen molar-refractivity contribution in [2.45, 2.75) is 11.8 Å². The maximum atomic E-state index is 12.0. The summed E-state index contributed by atoms with van der Waals surface area (Å²) in [6.45, 7) is 1.79. The van der Waals surface area contributed by atoms with Crippen LogP contribution < -0.4 is 0 Å². The molecule has 94 valence electrons. The predicted octanol–water partition coefficient (Wildman–Crippen LogP) is 1.28. The molecule has 0 fully saturated rings. The summed E-state index contributed by atoms with van der Waals surface area (Å²) in [7, 11) is -3.24. The molecule has 18 heavy (non-hydrogen) atoms. The topological polar surface area (TPSA) is 69.0 Å². The number of carbonyl (C=O) groups excluding carboxylic acids is 1. The molecule has 0 spiro atoms. The Hall–Kier alpha value is -1.95. The number of benzene rings is 1. The van der Waals surface area contributed by atoms with E-state index >= 15 is 0 Å². The molecule has 0 saturated heterocycles. The van der Waals surface area contributed by atoms with E-state index in [1.54, 1.807) is 19.2 Å². The molecule has 0 saturated carbocycles. The predicted molar refractivity (Wildman–Crippen MR) is 66.2 cm³/mol. The quantitative estimate of drug-likeness (QED) is 0.819. The zero-order chi connectivity index (χ0) is 13.3. The molecule has 0 aliphatic rings. The van der Waals surface area contributed by atoms with E-state index in [9.17, 15) is 13.2 Å². The molecule has 0 N–H and O–H groups in total. The Bertz CT molecular complexity index is 684. The normalized spacial score (nSPS) is 11.4. The highest BCUT2D eigenvalue weighted by Crippen LogP contribution is 2.11. The molecular weight excluding hydrogens is 252 g/mol. The van der Waals surface area contributed by atoms with Crippen LogP contribution >= 0.6 is 0 Å². The van der Waals surface area contributed by atoms with Crippen LogP contribution in [0.5, 0.6) is 0 Å². The van der Waals surface area contributed by atoms with Gasteiger partial charge in [-0.2, -0.15) is 5.10 Å². The first kappa shape index (κ1) is 12.5. The van der Waals surface area contributed by atoms with Gasteiger partial charge in [0.2, 0.25) is 0 Å². The van der Waals surface area contributed by atoms with Crippen molar-refractivity contribution in [2.75, 3.05) is 6.26 Å². The van der Waals surface area contributed by atoms with Crippen molar-refractivity contribution < 1.29 is 13.2 Å². The van der Waals surface area contributed by atoms with Gasteiger partial charge in [-0.05, 0) is 37.3 Å². The minimum atomic E-state index is -3.24. The average Bonchev–Trinajstić information content (AvgIpc) is 2.74. The lowest BCUT2D eigenvalue weighted by Gasteiger charge is -2.02. The molecule has 0 aliphatic heterocycles. The van der Waals surface area contributed by atoms with E-state index in [1.165, 1.54) is 28.9 Å². The van der Waals surface area contributed by atoms with E-state index in [0.717, 1.165) is 11.9 Å². The molecule has 1 aromatic carbocycles. The molecular formula is C12H12N2O3S. The van der Waals surface area contributed by atoms with Gasteiger partial charge >= 0.3 is 0 Å². The maximum absolute atomic E-state index is 12.0. The van der Waals surface area contributed by atoms with E-state index in [1.807, 2.05) is 0 Å². The zero-order valence-electron chi connectivity index (χ0n) is 9.99. The Kier molecular flexibility index (Phi) is 3.04. The van der Waals surface area contributed by atoms with E-state index in [4.69, 9.17) is 0 Å². The molecule has 0 unspecified atom stereocenters. The molecule has 2 aromatic rings. The number of hydrogen-bond acceptors (Lipinski definition) is 4. The van der Waals surface area contributed by atoms with Crippen LogP contribution in [-0.2, 0) is 9.84 Å². The van der Waals surface area contributed by atoms with Crippen molar-refractivity contribution in [2.24, 2.45) is 0 Å². The highest BCUT2D eigenvalue weighted by atomic mass is 32.2. The molecule has 6 heteroatoms. The lowest BCUT2D eigenvalue weighted by atomic mass is 10.2. The number of rotatable bonds is 2. The van der Waals surface area contributed by atoms with Crippen LogP contribution in [0.4, 0.5) is 0 Å². The zero-order valence-corrected chi connectivity index (χ0v) is 10.8. The van der Waals surface area contributed by atoms with Crippen molar-refractivity contribution in [3.05, 3.63) is 47.8 Å². The van der Waals surface area contributed by atoms with Crippen LogP contribution in [0.2, 0.25) is 0 Å². The summed E-state index contributed by atoms with van der Waals surface area (Å²) < 4.78 is 23.8. The van der Waals surface area contributed by atoms with Gasteiger partial charge in [0.1, 0.15) is 0 Å². The number of sulfone groups is 1. The molecule has 0 bridgehead atoms. The van der Waals surface area contributed by atoms with Crippen LogP contribution in [0.3, 0.4) is 0 Å². The second-order valence-corrected chi connectivity index (χ2v) is 6.02. The third kappa shape index (κ3) is 2.48. The third-order valence-corrected chi connectivity index (χ3v) is 3.59. The van der Waals surface area contributed by atoms with Gasteiger partial charge in [0, 0.05) is 18.0 Å². The fourth-order valence-corrected chi connectivity index (χ4v) is 2.14. The standard InChI is InChI=1S/C12H12N2O3S/c1-9-7-8-14(13-9)12(15)10-3-5-11(6-4-10)18(2,16)17/h3-8H,1-2H3. The third-order valence-electron chi connectivity index (χ3n) is 2.46. The van der Waals surface area contributed by atoms with Crippen molar-refractivity contribution in [1.82, 2.24) is 9.78 Å². The highest BCUT2D eigenvalue weighted by molar-refractivity contribution is 7.90. The van der Waals surface area contributed by atoms with E-state index in [2.05, 4.69) is 5.10 Å². The van der Waals surface area contributed by atoms with Crippen molar-refractivity contribution in [1.29, 1.82) is 0 Å². The van der Waals surface area contributed by atoms with E-state index < -0.39 is 9.84 Å². The van der Waals surface area contributed by atoms with Gasteiger partial charge in [-0.25, -0.2) is 13.1 Å². The molecule has 0 amide bonds. The lowest BCUT2D eigenvalue weighted by Crippen LogP contribution is -2.12. The van der Waals surface area contributed by atoms with Crippen molar-refractivity contribution in [3.8, 4) is 0 Å². The Morgan fingerprint density at radius 2 is 1.78 bits per heavy atom. The fourth-order valence-electron chi connectivity index (χ4n) is 1.51. The summed E-state index contributed by atoms with van der Waals surface area (Å²) in [5.41, 5.74) is 1.14. The molecule has 5 nitrogen and oxygen atoms in total.